The van der Waals surface area contributed by atoms with Crippen LogP contribution < -0.4 is 16.0 Å². The van der Waals surface area contributed by atoms with E-state index in [1.807, 2.05) is 25.1 Å². The maximum atomic E-state index is 13.0. The summed E-state index contributed by atoms with van der Waals surface area (Å²) in [6.45, 7) is 1.95. The number of aromatic nitrogens is 2. The Labute approximate surface area is 181 Å². The van der Waals surface area contributed by atoms with Crippen molar-refractivity contribution in [2.24, 2.45) is 0 Å². The lowest BCUT2D eigenvalue weighted by Crippen LogP contribution is -2.23. The highest BCUT2D eigenvalue weighted by molar-refractivity contribution is 6.04. The molecule has 0 bridgehead atoms. The van der Waals surface area contributed by atoms with Crippen LogP contribution in [0.2, 0.25) is 0 Å². The third-order valence-corrected chi connectivity index (χ3v) is 5.31. The minimum atomic E-state index is -0.371. The van der Waals surface area contributed by atoms with Crippen molar-refractivity contribution in [2.75, 3.05) is 16.0 Å². The molecule has 160 valence electrons. The average molecular weight is 420 g/mol. The number of carbonyl (C=O) groups is 1. The van der Waals surface area contributed by atoms with Gasteiger partial charge < -0.3 is 16.0 Å². The minimum absolute atomic E-state index is 0.287. The van der Waals surface area contributed by atoms with E-state index in [0.29, 0.717) is 29.1 Å². The van der Waals surface area contributed by atoms with Gasteiger partial charge in [0.2, 0.25) is 5.95 Å². The lowest BCUT2D eigenvalue weighted by atomic mass is 9.96. The van der Waals surface area contributed by atoms with E-state index in [2.05, 4.69) is 25.9 Å². The summed E-state index contributed by atoms with van der Waals surface area (Å²) < 4.78 is 13.0. The Balaban J connectivity index is 1.39. The molecule has 0 spiro atoms. The number of nitrogens with zero attached hydrogens (tertiary/aromatic N) is 2. The molecule has 1 aliphatic carbocycles. The molecule has 1 saturated carbocycles. The van der Waals surface area contributed by atoms with Gasteiger partial charge in [-0.05, 0) is 68.3 Å². The molecule has 0 saturated heterocycles. The van der Waals surface area contributed by atoms with Crippen LogP contribution in [0.1, 0.15) is 48.2 Å². The number of carbonyl (C=O) groups excluding carboxylic acids is 1. The first kappa shape index (κ1) is 20.8. The van der Waals surface area contributed by atoms with Crippen molar-refractivity contribution in [3.8, 4) is 0 Å². The molecule has 0 unspecified atom stereocenters. The molecule has 1 fully saturated rings. The predicted molar refractivity (Wildman–Crippen MR) is 121 cm³/mol. The molecule has 4 rings (SSSR count). The van der Waals surface area contributed by atoms with Crippen molar-refractivity contribution >= 4 is 29.0 Å². The summed E-state index contributed by atoms with van der Waals surface area (Å²) in [6, 6.07) is 15.1. The number of anilines is 4. The van der Waals surface area contributed by atoms with Gasteiger partial charge in [0.1, 0.15) is 11.6 Å². The lowest BCUT2D eigenvalue weighted by molar-refractivity contribution is 0.102. The summed E-state index contributed by atoms with van der Waals surface area (Å²) in [6.07, 6.45) is 6.12. The van der Waals surface area contributed by atoms with Gasteiger partial charge in [-0.1, -0.05) is 19.3 Å². The number of halogens is 1. The van der Waals surface area contributed by atoms with E-state index in [1.54, 1.807) is 12.1 Å². The van der Waals surface area contributed by atoms with Gasteiger partial charge in [-0.2, -0.15) is 4.98 Å². The van der Waals surface area contributed by atoms with E-state index in [1.165, 1.54) is 43.5 Å². The first-order chi connectivity index (χ1) is 15.0. The number of nitrogens with one attached hydrogen (secondary N) is 3. The molecule has 6 nitrogen and oxygen atoms in total. The molecule has 0 radical (unpaired) electrons. The van der Waals surface area contributed by atoms with Gasteiger partial charge in [-0.3, -0.25) is 4.79 Å². The van der Waals surface area contributed by atoms with Crippen molar-refractivity contribution < 1.29 is 9.18 Å². The molecule has 0 aliphatic heterocycles. The summed E-state index contributed by atoms with van der Waals surface area (Å²) in [7, 11) is 0. The van der Waals surface area contributed by atoms with Gasteiger partial charge in [-0.25, -0.2) is 9.37 Å². The Morgan fingerprint density at radius 1 is 0.935 bits per heavy atom. The van der Waals surface area contributed by atoms with Crippen LogP contribution in [0.4, 0.5) is 27.5 Å². The fourth-order valence-corrected chi connectivity index (χ4v) is 3.72. The van der Waals surface area contributed by atoms with Gasteiger partial charge in [0, 0.05) is 34.7 Å². The summed E-state index contributed by atoms with van der Waals surface area (Å²) in [4.78, 5) is 21.4. The Morgan fingerprint density at radius 3 is 2.32 bits per heavy atom. The van der Waals surface area contributed by atoms with Crippen LogP contribution in [-0.2, 0) is 0 Å². The van der Waals surface area contributed by atoms with Crippen molar-refractivity contribution in [3.63, 3.8) is 0 Å². The first-order valence-electron chi connectivity index (χ1n) is 10.6. The number of aryl methyl sites for hydroxylation is 1. The summed E-state index contributed by atoms with van der Waals surface area (Å²) in [5.41, 5.74) is 2.79. The van der Waals surface area contributed by atoms with E-state index in [-0.39, 0.29) is 11.7 Å². The number of hydrogen-bond donors (Lipinski definition) is 3. The van der Waals surface area contributed by atoms with Crippen molar-refractivity contribution in [3.05, 3.63) is 71.7 Å². The Morgan fingerprint density at radius 2 is 1.61 bits per heavy atom. The van der Waals surface area contributed by atoms with Crippen LogP contribution in [0.5, 0.6) is 0 Å². The summed E-state index contributed by atoms with van der Waals surface area (Å²) in [5, 5.41) is 9.57. The van der Waals surface area contributed by atoms with Crippen LogP contribution in [0.15, 0.2) is 54.6 Å². The fourth-order valence-electron chi connectivity index (χ4n) is 3.72. The average Bonchev–Trinajstić information content (AvgIpc) is 2.76. The molecule has 0 atom stereocenters. The molecular formula is C24H26FN5O. The van der Waals surface area contributed by atoms with Crippen molar-refractivity contribution in [1.82, 2.24) is 9.97 Å². The van der Waals surface area contributed by atoms with Gasteiger partial charge in [0.05, 0.1) is 0 Å². The smallest absolute Gasteiger partial charge is 0.255 e. The monoisotopic (exact) mass is 419 g/mol. The van der Waals surface area contributed by atoms with E-state index in [9.17, 15) is 9.18 Å². The summed E-state index contributed by atoms with van der Waals surface area (Å²) >= 11 is 0. The highest BCUT2D eigenvalue weighted by atomic mass is 19.1. The van der Waals surface area contributed by atoms with E-state index < -0.39 is 0 Å². The van der Waals surface area contributed by atoms with E-state index in [0.717, 1.165) is 24.2 Å². The Bertz CT molecular complexity index is 1030. The zero-order chi connectivity index (χ0) is 21.6. The van der Waals surface area contributed by atoms with Crippen LogP contribution >= 0.6 is 0 Å². The third kappa shape index (κ3) is 5.78. The standard InChI is InChI=1S/C24H26FN5O/c1-16-15-22(30-24(26-16)29-19-5-3-2-4-6-19)27-20-11-13-21(14-12-20)28-23(31)17-7-9-18(25)10-8-17/h7-15,19H,2-6H2,1H3,(H,28,31)(H2,26,27,29,30). The van der Waals surface area contributed by atoms with E-state index in [4.69, 9.17) is 0 Å². The maximum absolute atomic E-state index is 13.0. The highest BCUT2D eigenvalue weighted by Crippen LogP contribution is 2.23. The molecule has 31 heavy (non-hydrogen) atoms. The Hall–Kier alpha value is -3.48. The maximum Gasteiger partial charge on any atom is 0.255 e. The molecule has 1 amide bonds. The quantitative estimate of drug-likeness (QED) is 0.480. The number of amides is 1. The van der Waals surface area contributed by atoms with Crippen molar-refractivity contribution in [1.29, 1.82) is 0 Å². The van der Waals surface area contributed by atoms with Gasteiger partial charge >= 0.3 is 0 Å². The van der Waals surface area contributed by atoms with Gasteiger partial charge in [0.15, 0.2) is 0 Å². The van der Waals surface area contributed by atoms with Crippen LogP contribution in [-0.4, -0.2) is 21.9 Å². The molecule has 2 aromatic carbocycles. The second-order valence-electron chi connectivity index (χ2n) is 7.86. The SMILES string of the molecule is Cc1cc(Nc2ccc(NC(=O)c3ccc(F)cc3)cc2)nc(NC2CCCCC2)n1. The number of rotatable bonds is 6. The second-order valence-corrected chi connectivity index (χ2v) is 7.86. The molecule has 1 aliphatic rings. The van der Waals surface area contributed by atoms with Crippen LogP contribution in [0.3, 0.4) is 0 Å². The molecule has 7 heteroatoms. The largest absolute Gasteiger partial charge is 0.351 e. The second kappa shape index (κ2) is 9.55. The van der Waals surface area contributed by atoms with Crippen molar-refractivity contribution in [2.45, 2.75) is 45.1 Å². The normalized spacial score (nSPS) is 14.1. The number of benzene rings is 2. The topological polar surface area (TPSA) is 78.9 Å². The highest BCUT2D eigenvalue weighted by Gasteiger charge is 2.14. The molecule has 1 heterocycles. The first-order valence-corrected chi connectivity index (χ1v) is 10.6. The van der Waals surface area contributed by atoms with Crippen LogP contribution in [0.25, 0.3) is 0 Å². The van der Waals surface area contributed by atoms with Gasteiger partial charge in [-0.15, -0.1) is 0 Å². The van der Waals surface area contributed by atoms with Crippen LogP contribution in [0, 0.1) is 12.7 Å². The molecule has 3 aromatic rings. The zero-order valence-corrected chi connectivity index (χ0v) is 17.5. The zero-order valence-electron chi connectivity index (χ0n) is 17.5. The predicted octanol–water partition coefficient (Wildman–Crippen LogP) is 5.66. The molecular weight excluding hydrogens is 393 g/mol. The third-order valence-electron chi connectivity index (χ3n) is 5.31. The fraction of sp³-hybridized carbons (Fsp3) is 0.292. The van der Waals surface area contributed by atoms with Gasteiger partial charge in [0.25, 0.3) is 5.91 Å². The summed E-state index contributed by atoms with van der Waals surface area (Å²) in [5.74, 6) is 0.709. The minimum Gasteiger partial charge on any atom is -0.351 e. The molecule has 1 aromatic heterocycles. The lowest BCUT2D eigenvalue weighted by Gasteiger charge is -2.23. The molecule has 3 N–H and O–H groups in total. The Kier molecular flexibility index (Phi) is 6.40. The number of hydrogen-bond acceptors (Lipinski definition) is 5. The van der Waals surface area contributed by atoms with E-state index >= 15 is 0 Å².